The molecule has 1 aliphatic rings. The van der Waals surface area contributed by atoms with Crippen molar-refractivity contribution in [3.05, 3.63) is 23.8 Å². The van der Waals surface area contributed by atoms with E-state index in [1.54, 1.807) is 23.1 Å². The van der Waals surface area contributed by atoms with Crippen LogP contribution in [-0.2, 0) is 0 Å². The molecule has 2 rings (SSSR count). The fraction of sp³-hybridized carbons (Fsp3) is 0.533. The Labute approximate surface area is 144 Å². The maximum atomic E-state index is 12.5. The molecule has 5 nitrogen and oxygen atoms in total. The van der Waals surface area contributed by atoms with Crippen molar-refractivity contribution in [1.29, 1.82) is 0 Å². The predicted molar refractivity (Wildman–Crippen MR) is 85.2 cm³/mol. The molecule has 0 spiro atoms. The molecule has 0 bridgehead atoms. The Morgan fingerprint density at radius 2 is 1.54 bits per heavy atom. The monoisotopic (exact) mass is 368 g/mol. The van der Waals surface area contributed by atoms with E-state index in [0.29, 0.717) is 17.1 Å². The number of alkyl halides is 3. The number of carbonyl (C=O) groups excluding carboxylic acids is 1. The zero-order chi connectivity index (χ0) is 17.0. The molecule has 1 amide bonds. The molecule has 0 unspecified atom stereocenters. The van der Waals surface area contributed by atoms with Gasteiger partial charge in [0.15, 0.2) is 0 Å². The van der Waals surface area contributed by atoms with Gasteiger partial charge in [-0.1, -0.05) is 0 Å². The van der Waals surface area contributed by atoms with Gasteiger partial charge >= 0.3 is 6.18 Å². The average Bonchev–Trinajstić information content (AvgIpc) is 2.52. The van der Waals surface area contributed by atoms with Crippen molar-refractivity contribution in [1.82, 2.24) is 9.80 Å². The molecule has 0 saturated carbocycles. The lowest BCUT2D eigenvalue weighted by atomic mass is 10.1. The van der Waals surface area contributed by atoms with E-state index in [1.807, 2.05) is 0 Å². The summed E-state index contributed by atoms with van der Waals surface area (Å²) in [5, 5.41) is 0. The number of carbonyl (C=O) groups is 1. The Hall–Kier alpha value is -1.67. The lowest BCUT2D eigenvalue weighted by molar-refractivity contribution is -0.148. The number of hydrogen-bond donors (Lipinski definition) is 0. The van der Waals surface area contributed by atoms with E-state index >= 15 is 0 Å². The van der Waals surface area contributed by atoms with Crippen molar-refractivity contribution in [2.75, 3.05) is 46.9 Å². The molecular formula is C15H20ClF3N2O3. The van der Waals surface area contributed by atoms with E-state index in [4.69, 9.17) is 9.47 Å². The first kappa shape index (κ1) is 20.4. The Balaban J connectivity index is 0.00000288. The lowest BCUT2D eigenvalue weighted by Gasteiger charge is -2.35. The van der Waals surface area contributed by atoms with Crippen LogP contribution >= 0.6 is 12.4 Å². The SMILES string of the molecule is COc1cc(OC)cc(C(=O)N2CCN(CC(F)(F)F)CC2)c1.Cl. The summed E-state index contributed by atoms with van der Waals surface area (Å²) in [6.45, 7) is -0.0242. The molecule has 0 radical (unpaired) electrons. The lowest BCUT2D eigenvalue weighted by Crippen LogP contribution is -2.50. The standard InChI is InChI=1S/C15H19F3N2O3.ClH/c1-22-12-7-11(8-13(9-12)23-2)14(21)20-5-3-19(4-6-20)10-15(16,17)18;/h7-9H,3-6,10H2,1-2H3;1H. The first-order chi connectivity index (χ1) is 10.8. The van der Waals surface area contributed by atoms with Crippen LogP contribution in [0.4, 0.5) is 13.2 Å². The summed E-state index contributed by atoms with van der Waals surface area (Å²) in [4.78, 5) is 15.3. The van der Waals surface area contributed by atoms with Gasteiger partial charge in [0.05, 0.1) is 20.8 Å². The van der Waals surface area contributed by atoms with Crippen LogP contribution in [0.3, 0.4) is 0 Å². The number of methoxy groups -OCH3 is 2. The summed E-state index contributed by atoms with van der Waals surface area (Å²) >= 11 is 0. The Morgan fingerprint density at radius 3 is 1.96 bits per heavy atom. The molecule has 0 aliphatic carbocycles. The van der Waals surface area contributed by atoms with Crippen LogP contribution in [-0.4, -0.2) is 68.8 Å². The summed E-state index contributed by atoms with van der Waals surface area (Å²) < 4.78 is 47.4. The zero-order valence-corrected chi connectivity index (χ0v) is 14.2. The quantitative estimate of drug-likeness (QED) is 0.818. The molecule has 0 atom stereocenters. The van der Waals surface area contributed by atoms with Gasteiger partial charge < -0.3 is 14.4 Å². The van der Waals surface area contributed by atoms with Crippen molar-refractivity contribution < 1.29 is 27.4 Å². The molecule has 1 aromatic rings. The van der Waals surface area contributed by atoms with Gasteiger partial charge in [-0.15, -0.1) is 12.4 Å². The molecule has 1 aromatic carbocycles. The fourth-order valence-corrected chi connectivity index (χ4v) is 2.48. The fourth-order valence-electron chi connectivity index (χ4n) is 2.48. The van der Waals surface area contributed by atoms with E-state index in [2.05, 4.69) is 0 Å². The van der Waals surface area contributed by atoms with Crippen LogP contribution in [0.2, 0.25) is 0 Å². The number of amides is 1. The normalized spacial score (nSPS) is 15.6. The van der Waals surface area contributed by atoms with E-state index in [1.165, 1.54) is 19.1 Å². The first-order valence-electron chi connectivity index (χ1n) is 7.14. The number of piperazine rings is 1. The van der Waals surface area contributed by atoms with Crippen molar-refractivity contribution in [3.63, 3.8) is 0 Å². The van der Waals surface area contributed by atoms with Gasteiger partial charge in [-0.25, -0.2) is 0 Å². The van der Waals surface area contributed by atoms with Gasteiger partial charge in [-0.3, -0.25) is 9.69 Å². The Morgan fingerprint density at radius 1 is 1.04 bits per heavy atom. The zero-order valence-electron chi connectivity index (χ0n) is 13.4. The maximum absolute atomic E-state index is 12.5. The molecule has 1 heterocycles. The molecule has 9 heteroatoms. The summed E-state index contributed by atoms with van der Waals surface area (Å²) in [6, 6.07) is 4.83. The van der Waals surface area contributed by atoms with E-state index in [-0.39, 0.29) is 44.5 Å². The number of hydrogen-bond acceptors (Lipinski definition) is 4. The summed E-state index contributed by atoms with van der Waals surface area (Å²) in [5.41, 5.74) is 0.394. The largest absolute Gasteiger partial charge is 0.497 e. The molecule has 24 heavy (non-hydrogen) atoms. The van der Waals surface area contributed by atoms with Crippen molar-refractivity contribution in [2.45, 2.75) is 6.18 Å². The first-order valence-corrected chi connectivity index (χ1v) is 7.14. The molecule has 1 fully saturated rings. The number of ether oxygens (including phenoxy) is 2. The molecule has 0 N–H and O–H groups in total. The molecular weight excluding hydrogens is 349 g/mol. The van der Waals surface area contributed by atoms with Crippen LogP contribution in [0.15, 0.2) is 18.2 Å². The van der Waals surface area contributed by atoms with Crippen molar-refractivity contribution in [2.24, 2.45) is 0 Å². The highest BCUT2D eigenvalue weighted by Gasteiger charge is 2.33. The summed E-state index contributed by atoms with van der Waals surface area (Å²) in [5.74, 6) is 0.737. The van der Waals surface area contributed by atoms with Gasteiger partial charge in [-0.05, 0) is 12.1 Å². The van der Waals surface area contributed by atoms with Crippen LogP contribution in [0.25, 0.3) is 0 Å². The second-order valence-corrected chi connectivity index (χ2v) is 5.28. The molecule has 136 valence electrons. The smallest absolute Gasteiger partial charge is 0.401 e. The average molecular weight is 369 g/mol. The molecule has 1 saturated heterocycles. The van der Waals surface area contributed by atoms with Gasteiger partial charge in [-0.2, -0.15) is 13.2 Å². The number of halogens is 4. The Kier molecular flexibility index (Phi) is 7.16. The van der Waals surface area contributed by atoms with E-state index < -0.39 is 12.7 Å². The van der Waals surface area contributed by atoms with Crippen LogP contribution < -0.4 is 9.47 Å². The van der Waals surface area contributed by atoms with E-state index in [9.17, 15) is 18.0 Å². The van der Waals surface area contributed by atoms with Gasteiger partial charge in [0.25, 0.3) is 5.91 Å². The second-order valence-electron chi connectivity index (χ2n) is 5.28. The maximum Gasteiger partial charge on any atom is 0.401 e. The topological polar surface area (TPSA) is 42.0 Å². The summed E-state index contributed by atoms with van der Waals surface area (Å²) in [7, 11) is 2.97. The third-order valence-electron chi connectivity index (χ3n) is 3.66. The minimum Gasteiger partial charge on any atom is -0.497 e. The van der Waals surface area contributed by atoms with Gasteiger partial charge in [0.1, 0.15) is 11.5 Å². The molecule has 1 aliphatic heterocycles. The van der Waals surface area contributed by atoms with Crippen molar-refractivity contribution in [3.8, 4) is 11.5 Å². The number of nitrogens with zero attached hydrogens (tertiary/aromatic N) is 2. The highest BCUT2D eigenvalue weighted by Crippen LogP contribution is 2.24. The van der Waals surface area contributed by atoms with Gasteiger partial charge in [0.2, 0.25) is 0 Å². The third kappa shape index (κ3) is 5.45. The summed E-state index contributed by atoms with van der Waals surface area (Å²) in [6.07, 6.45) is -4.22. The minimum absolute atomic E-state index is 0. The van der Waals surface area contributed by atoms with Crippen LogP contribution in [0, 0.1) is 0 Å². The third-order valence-corrected chi connectivity index (χ3v) is 3.66. The van der Waals surface area contributed by atoms with Gasteiger partial charge in [0, 0.05) is 37.8 Å². The van der Waals surface area contributed by atoms with Crippen LogP contribution in [0.1, 0.15) is 10.4 Å². The molecule has 0 aromatic heterocycles. The van der Waals surface area contributed by atoms with Crippen LogP contribution in [0.5, 0.6) is 11.5 Å². The highest BCUT2D eigenvalue weighted by molar-refractivity contribution is 5.95. The minimum atomic E-state index is -4.22. The highest BCUT2D eigenvalue weighted by atomic mass is 35.5. The van der Waals surface area contributed by atoms with E-state index in [0.717, 1.165) is 0 Å². The van der Waals surface area contributed by atoms with Crippen molar-refractivity contribution >= 4 is 18.3 Å². The number of rotatable bonds is 4. The second kappa shape index (κ2) is 8.43. The predicted octanol–water partition coefficient (Wildman–Crippen LogP) is 2.45. The number of benzene rings is 1. The Bertz CT molecular complexity index is 539.